The smallest absolute Gasteiger partial charge is 0.264 e. The maximum absolute atomic E-state index is 12.9. The molecule has 0 unspecified atom stereocenters. The highest BCUT2D eigenvalue weighted by molar-refractivity contribution is 7.89. The van der Waals surface area contributed by atoms with Gasteiger partial charge < -0.3 is 0 Å². The van der Waals surface area contributed by atoms with Gasteiger partial charge in [-0.3, -0.25) is 4.79 Å². The van der Waals surface area contributed by atoms with Crippen LogP contribution >= 0.6 is 0 Å². The van der Waals surface area contributed by atoms with E-state index in [-0.39, 0.29) is 17.0 Å². The third-order valence-electron chi connectivity index (χ3n) is 4.60. The molecule has 1 heterocycles. The molecule has 0 aliphatic carbocycles. The Hall–Kier alpha value is -2.77. The Kier molecular flexibility index (Phi) is 5.25. The van der Waals surface area contributed by atoms with Crippen molar-refractivity contribution in [1.82, 2.24) is 14.9 Å². The van der Waals surface area contributed by atoms with Crippen molar-refractivity contribution >= 4 is 10.0 Å². The lowest BCUT2D eigenvalue weighted by molar-refractivity contribution is 0.580. The molecule has 0 radical (unpaired) electrons. The second-order valence-corrected chi connectivity index (χ2v) is 8.21. The molecule has 140 valence electrons. The lowest BCUT2D eigenvalue weighted by Crippen LogP contribution is -2.24. The van der Waals surface area contributed by atoms with Gasteiger partial charge in [0, 0.05) is 18.2 Å². The van der Waals surface area contributed by atoms with Gasteiger partial charge in [0.2, 0.25) is 10.0 Å². The Labute approximate surface area is 158 Å². The number of aromatic amines is 1. The van der Waals surface area contributed by atoms with Crippen molar-refractivity contribution in [1.29, 1.82) is 0 Å². The van der Waals surface area contributed by atoms with Crippen molar-refractivity contribution in [2.75, 3.05) is 0 Å². The minimum absolute atomic E-state index is 0.207. The van der Waals surface area contributed by atoms with Crippen molar-refractivity contribution in [3.05, 3.63) is 81.1 Å². The van der Waals surface area contributed by atoms with Gasteiger partial charge in [-0.25, -0.2) is 18.2 Å². The fraction of sp³-hybridized carbons (Fsp3) is 0.200. The summed E-state index contributed by atoms with van der Waals surface area (Å²) >= 11 is 0. The maximum atomic E-state index is 12.9. The molecule has 7 heteroatoms. The number of hydrogen-bond acceptors (Lipinski definition) is 4. The van der Waals surface area contributed by atoms with E-state index in [2.05, 4.69) is 14.9 Å². The molecule has 0 saturated carbocycles. The van der Waals surface area contributed by atoms with Crippen molar-refractivity contribution in [3.8, 4) is 11.3 Å². The summed E-state index contributed by atoms with van der Waals surface area (Å²) in [6.07, 6.45) is 0. The van der Waals surface area contributed by atoms with E-state index < -0.39 is 10.0 Å². The first-order chi connectivity index (χ1) is 12.8. The quantitative estimate of drug-likeness (QED) is 0.709. The average Bonchev–Trinajstić information content (AvgIpc) is 2.64. The lowest BCUT2D eigenvalue weighted by atomic mass is 10.0. The van der Waals surface area contributed by atoms with Gasteiger partial charge >= 0.3 is 0 Å². The summed E-state index contributed by atoms with van der Waals surface area (Å²) in [5, 5.41) is 6.37. The van der Waals surface area contributed by atoms with Crippen molar-refractivity contribution in [3.63, 3.8) is 0 Å². The molecule has 0 amide bonds. The van der Waals surface area contributed by atoms with Crippen LogP contribution in [-0.2, 0) is 16.6 Å². The molecule has 2 aromatic carbocycles. The van der Waals surface area contributed by atoms with E-state index in [9.17, 15) is 13.2 Å². The van der Waals surface area contributed by atoms with Crippen molar-refractivity contribution in [2.24, 2.45) is 0 Å². The summed E-state index contributed by atoms with van der Waals surface area (Å²) in [6.45, 7) is 5.79. The van der Waals surface area contributed by atoms with Crippen LogP contribution in [0.2, 0.25) is 0 Å². The largest absolute Gasteiger partial charge is 0.268 e. The molecular weight excluding hydrogens is 362 g/mol. The molecule has 3 rings (SSSR count). The molecule has 2 N–H and O–H groups in total. The highest BCUT2D eigenvalue weighted by Crippen LogP contribution is 2.26. The SMILES string of the molecule is Cc1ccccc1CNS(=O)(=O)c1cc(-c2ccc(=O)[nH]n2)cc(C)c1C. The zero-order chi connectivity index (χ0) is 19.6. The molecule has 0 aliphatic rings. The monoisotopic (exact) mass is 383 g/mol. The van der Waals surface area contributed by atoms with Gasteiger partial charge in [-0.2, -0.15) is 5.10 Å². The number of aromatic nitrogens is 2. The normalized spacial score (nSPS) is 11.5. The Bertz CT molecular complexity index is 1130. The maximum Gasteiger partial charge on any atom is 0.264 e. The fourth-order valence-corrected chi connectivity index (χ4v) is 4.17. The molecule has 1 aromatic heterocycles. The Balaban J connectivity index is 1.98. The zero-order valence-electron chi connectivity index (χ0n) is 15.4. The molecule has 27 heavy (non-hydrogen) atoms. The van der Waals surface area contributed by atoms with E-state index in [1.54, 1.807) is 19.1 Å². The van der Waals surface area contributed by atoms with E-state index >= 15 is 0 Å². The summed E-state index contributed by atoms with van der Waals surface area (Å²) < 4.78 is 28.6. The third-order valence-corrected chi connectivity index (χ3v) is 6.13. The van der Waals surface area contributed by atoms with Gasteiger partial charge in [-0.1, -0.05) is 24.3 Å². The van der Waals surface area contributed by atoms with E-state index in [0.717, 1.165) is 16.7 Å². The first kappa shape index (κ1) is 19.0. The molecule has 0 spiro atoms. The molecule has 0 aliphatic heterocycles. The molecule has 0 bridgehead atoms. The highest BCUT2D eigenvalue weighted by Gasteiger charge is 2.20. The number of H-pyrrole nitrogens is 1. The van der Waals surface area contributed by atoms with Crippen molar-refractivity contribution < 1.29 is 8.42 Å². The third kappa shape index (κ3) is 4.15. The number of aryl methyl sites for hydroxylation is 2. The summed E-state index contributed by atoms with van der Waals surface area (Å²) in [4.78, 5) is 11.4. The van der Waals surface area contributed by atoms with Crippen molar-refractivity contribution in [2.45, 2.75) is 32.2 Å². The van der Waals surface area contributed by atoms with Crippen LogP contribution in [0.5, 0.6) is 0 Å². The van der Waals surface area contributed by atoms with Crippen LogP contribution in [0.1, 0.15) is 22.3 Å². The van der Waals surface area contributed by atoms with Crippen LogP contribution in [-0.4, -0.2) is 18.6 Å². The van der Waals surface area contributed by atoms with E-state index in [0.29, 0.717) is 16.8 Å². The summed E-state index contributed by atoms with van der Waals surface area (Å²) in [5.74, 6) is 0. The number of nitrogens with one attached hydrogen (secondary N) is 2. The van der Waals surface area contributed by atoms with Crippen LogP contribution in [0.25, 0.3) is 11.3 Å². The topological polar surface area (TPSA) is 91.9 Å². The molecule has 3 aromatic rings. The van der Waals surface area contributed by atoms with Crippen LogP contribution < -0.4 is 10.3 Å². The molecule has 0 saturated heterocycles. The predicted molar refractivity (Wildman–Crippen MR) is 105 cm³/mol. The molecule has 6 nitrogen and oxygen atoms in total. The zero-order valence-corrected chi connectivity index (χ0v) is 16.2. The minimum atomic E-state index is -3.72. The molecule has 0 fully saturated rings. The number of nitrogens with zero attached hydrogens (tertiary/aromatic N) is 1. The Morgan fingerprint density at radius 2 is 1.74 bits per heavy atom. The fourth-order valence-electron chi connectivity index (χ4n) is 2.82. The Morgan fingerprint density at radius 3 is 2.41 bits per heavy atom. The van der Waals surface area contributed by atoms with Gasteiger partial charge in [0.15, 0.2) is 0 Å². The lowest BCUT2D eigenvalue weighted by Gasteiger charge is -2.14. The van der Waals surface area contributed by atoms with Gasteiger partial charge in [0.05, 0.1) is 10.6 Å². The first-order valence-electron chi connectivity index (χ1n) is 8.49. The van der Waals surface area contributed by atoms with Gasteiger partial charge in [-0.05, 0) is 61.2 Å². The second kappa shape index (κ2) is 7.46. The van der Waals surface area contributed by atoms with Gasteiger partial charge in [0.1, 0.15) is 0 Å². The van der Waals surface area contributed by atoms with Crippen LogP contribution in [0.15, 0.2) is 58.2 Å². The highest BCUT2D eigenvalue weighted by atomic mass is 32.2. The van der Waals surface area contributed by atoms with Crippen LogP contribution in [0.3, 0.4) is 0 Å². The number of benzene rings is 2. The summed E-state index contributed by atoms with van der Waals surface area (Å²) in [5.41, 5.74) is 4.29. The number of hydrogen-bond donors (Lipinski definition) is 2. The molecular formula is C20H21N3O3S. The van der Waals surface area contributed by atoms with E-state index in [4.69, 9.17) is 0 Å². The summed E-state index contributed by atoms with van der Waals surface area (Å²) in [6, 6.07) is 14.0. The van der Waals surface area contributed by atoms with Gasteiger partial charge in [0.25, 0.3) is 5.56 Å². The Morgan fingerprint density at radius 1 is 1.00 bits per heavy atom. The van der Waals surface area contributed by atoms with Crippen LogP contribution in [0.4, 0.5) is 0 Å². The number of sulfonamides is 1. The summed E-state index contributed by atoms with van der Waals surface area (Å²) in [7, 11) is -3.72. The van der Waals surface area contributed by atoms with Crippen LogP contribution in [0, 0.1) is 20.8 Å². The van der Waals surface area contributed by atoms with Gasteiger partial charge in [-0.15, -0.1) is 0 Å². The number of rotatable bonds is 5. The van der Waals surface area contributed by atoms with E-state index in [1.165, 1.54) is 6.07 Å². The van der Waals surface area contributed by atoms with E-state index in [1.807, 2.05) is 44.2 Å². The average molecular weight is 383 g/mol. The standard InChI is InChI=1S/C20H21N3O3S/c1-13-6-4-5-7-16(13)12-21-27(25,26)19-11-17(10-14(2)15(19)3)18-8-9-20(24)23-22-18/h4-11,21H,12H2,1-3H3,(H,23,24). The minimum Gasteiger partial charge on any atom is -0.268 e. The molecule has 0 atom stereocenters. The predicted octanol–water partition coefficient (Wildman–Crippen LogP) is 2.84. The first-order valence-corrected chi connectivity index (χ1v) is 9.98. The second-order valence-electron chi connectivity index (χ2n) is 6.47.